The molecule has 1 heteroatoms. The van der Waals surface area contributed by atoms with Crippen LogP contribution in [0.5, 0.6) is 0 Å². The van der Waals surface area contributed by atoms with Gasteiger partial charge < -0.3 is 4.74 Å². The Kier molecular flexibility index (Phi) is 3.11. The standard InChI is InChI=1S/C6H10O/c1-4-7-5-6(2)3/h4H,1-2,5H2,3H3. The molecule has 0 saturated heterocycles. The molecule has 0 fully saturated rings. The number of rotatable bonds is 3. The molecule has 0 aromatic heterocycles. The van der Waals surface area contributed by atoms with Crippen molar-refractivity contribution in [3.63, 3.8) is 0 Å². The van der Waals surface area contributed by atoms with Crippen molar-refractivity contribution in [3.8, 4) is 0 Å². The zero-order valence-corrected chi connectivity index (χ0v) is 4.61. The van der Waals surface area contributed by atoms with E-state index in [9.17, 15) is 0 Å². The van der Waals surface area contributed by atoms with Crippen LogP contribution in [-0.4, -0.2) is 6.61 Å². The van der Waals surface area contributed by atoms with Gasteiger partial charge in [-0.25, -0.2) is 0 Å². The molecule has 0 saturated carbocycles. The third-order valence-electron chi connectivity index (χ3n) is 0.448. The highest BCUT2D eigenvalue weighted by molar-refractivity contribution is 4.87. The molecule has 0 radical (unpaired) electrons. The molecule has 0 bridgehead atoms. The fourth-order valence-electron chi connectivity index (χ4n) is 0.201. The molecule has 0 aliphatic carbocycles. The highest BCUT2D eigenvalue weighted by Crippen LogP contribution is 1.85. The quantitative estimate of drug-likeness (QED) is 0.386. The third-order valence-corrected chi connectivity index (χ3v) is 0.448. The molecule has 0 aromatic rings. The van der Waals surface area contributed by atoms with Crippen LogP contribution in [0.15, 0.2) is 25.0 Å². The number of hydrogen-bond acceptors (Lipinski definition) is 1. The van der Waals surface area contributed by atoms with Crippen molar-refractivity contribution in [1.82, 2.24) is 0 Å². The first-order valence-corrected chi connectivity index (χ1v) is 2.14. The molecule has 0 spiro atoms. The lowest BCUT2D eigenvalue weighted by Gasteiger charge is -1.94. The Morgan fingerprint density at radius 2 is 2.43 bits per heavy atom. The lowest BCUT2D eigenvalue weighted by molar-refractivity contribution is 0.282. The van der Waals surface area contributed by atoms with E-state index in [4.69, 9.17) is 4.74 Å². The molecule has 1 nitrogen and oxygen atoms in total. The second kappa shape index (κ2) is 3.47. The second-order valence-electron chi connectivity index (χ2n) is 1.43. The Bertz CT molecular complexity index is 74.2. The average Bonchev–Trinajstić information content (AvgIpc) is 1.61. The minimum absolute atomic E-state index is 0.587. The Morgan fingerprint density at radius 3 is 2.57 bits per heavy atom. The highest BCUT2D eigenvalue weighted by atomic mass is 16.5. The summed E-state index contributed by atoms with van der Waals surface area (Å²) in [5.41, 5.74) is 1.01. The van der Waals surface area contributed by atoms with Gasteiger partial charge in [0.15, 0.2) is 0 Å². The molecule has 7 heavy (non-hydrogen) atoms. The summed E-state index contributed by atoms with van der Waals surface area (Å²) in [4.78, 5) is 0. The average molecular weight is 98.1 g/mol. The maximum absolute atomic E-state index is 4.76. The van der Waals surface area contributed by atoms with E-state index in [1.807, 2.05) is 6.92 Å². The molecule has 0 aliphatic rings. The van der Waals surface area contributed by atoms with Gasteiger partial charge in [0.05, 0.1) is 6.26 Å². The van der Waals surface area contributed by atoms with Crippen molar-refractivity contribution in [2.24, 2.45) is 0 Å². The Morgan fingerprint density at radius 1 is 1.86 bits per heavy atom. The lowest BCUT2D eigenvalue weighted by Crippen LogP contribution is -1.84. The topological polar surface area (TPSA) is 9.23 Å². The summed E-state index contributed by atoms with van der Waals surface area (Å²) in [6.07, 6.45) is 1.41. The minimum atomic E-state index is 0.587. The molecule has 0 heterocycles. The molecule has 0 aliphatic heterocycles. The van der Waals surface area contributed by atoms with Gasteiger partial charge in [-0.05, 0) is 12.5 Å². The summed E-state index contributed by atoms with van der Waals surface area (Å²) in [5, 5.41) is 0. The van der Waals surface area contributed by atoms with Gasteiger partial charge in [-0.15, -0.1) is 0 Å². The van der Waals surface area contributed by atoms with Crippen molar-refractivity contribution in [1.29, 1.82) is 0 Å². The maximum Gasteiger partial charge on any atom is 0.108 e. The maximum atomic E-state index is 4.76. The van der Waals surface area contributed by atoms with Gasteiger partial charge in [0.25, 0.3) is 0 Å². The van der Waals surface area contributed by atoms with Gasteiger partial charge in [0.2, 0.25) is 0 Å². The summed E-state index contributed by atoms with van der Waals surface area (Å²) in [7, 11) is 0. The van der Waals surface area contributed by atoms with Crippen LogP contribution in [0.2, 0.25) is 0 Å². The Hall–Kier alpha value is -0.720. The first-order chi connectivity index (χ1) is 3.27. The van der Waals surface area contributed by atoms with E-state index in [0.717, 1.165) is 5.57 Å². The molecular formula is C6H10O. The van der Waals surface area contributed by atoms with Gasteiger partial charge in [-0.2, -0.15) is 0 Å². The predicted octanol–water partition coefficient (Wildman–Crippen LogP) is 1.72. The van der Waals surface area contributed by atoms with Crippen LogP contribution in [0.25, 0.3) is 0 Å². The molecular weight excluding hydrogens is 88.1 g/mol. The lowest BCUT2D eigenvalue weighted by atomic mass is 10.4. The smallest absolute Gasteiger partial charge is 0.108 e. The Labute approximate surface area is 44.3 Å². The van der Waals surface area contributed by atoms with Crippen LogP contribution >= 0.6 is 0 Å². The van der Waals surface area contributed by atoms with E-state index >= 15 is 0 Å². The summed E-state index contributed by atoms with van der Waals surface area (Å²) < 4.78 is 4.76. The molecule has 40 valence electrons. The van der Waals surface area contributed by atoms with E-state index in [-0.39, 0.29) is 0 Å². The largest absolute Gasteiger partial charge is 0.498 e. The molecule has 0 aromatic carbocycles. The van der Waals surface area contributed by atoms with Gasteiger partial charge in [-0.3, -0.25) is 0 Å². The van der Waals surface area contributed by atoms with Crippen molar-refractivity contribution in [2.75, 3.05) is 6.61 Å². The SMILES string of the molecule is C=COCC(=C)C. The van der Waals surface area contributed by atoms with E-state index in [0.29, 0.717) is 6.61 Å². The van der Waals surface area contributed by atoms with Crippen molar-refractivity contribution >= 4 is 0 Å². The molecule has 0 unspecified atom stereocenters. The fraction of sp³-hybridized carbons (Fsp3) is 0.333. The van der Waals surface area contributed by atoms with Gasteiger partial charge in [0, 0.05) is 0 Å². The molecule has 0 atom stereocenters. The zero-order chi connectivity index (χ0) is 5.70. The minimum Gasteiger partial charge on any atom is -0.498 e. The van der Waals surface area contributed by atoms with Crippen molar-refractivity contribution in [2.45, 2.75) is 6.92 Å². The third kappa shape index (κ3) is 5.28. The summed E-state index contributed by atoms with van der Waals surface area (Å²) in [6.45, 7) is 9.48. The van der Waals surface area contributed by atoms with E-state index in [2.05, 4.69) is 13.2 Å². The molecule has 0 amide bonds. The Balaban J connectivity index is 2.97. The molecule has 0 N–H and O–H groups in total. The number of hydrogen-bond donors (Lipinski definition) is 0. The van der Waals surface area contributed by atoms with E-state index in [1.165, 1.54) is 6.26 Å². The van der Waals surface area contributed by atoms with Gasteiger partial charge >= 0.3 is 0 Å². The van der Waals surface area contributed by atoms with Gasteiger partial charge in [0.1, 0.15) is 6.61 Å². The first kappa shape index (κ1) is 6.28. The zero-order valence-electron chi connectivity index (χ0n) is 4.61. The normalized spacial score (nSPS) is 7.57. The van der Waals surface area contributed by atoms with Crippen molar-refractivity contribution < 1.29 is 4.74 Å². The van der Waals surface area contributed by atoms with Crippen LogP contribution in [0.4, 0.5) is 0 Å². The number of ether oxygens (including phenoxy) is 1. The second-order valence-corrected chi connectivity index (χ2v) is 1.43. The summed E-state index contributed by atoms with van der Waals surface area (Å²) in [5.74, 6) is 0. The van der Waals surface area contributed by atoms with Crippen LogP contribution in [-0.2, 0) is 4.74 Å². The van der Waals surface area contributed by atoms with Crippen LogP contribution < -0.4 is 0 Å². The predicted molar refractivity (Wildman–Crippen MR) is 31.0 cm³/mol. The molecule has 0 rings (SSSR count). The van der Waals surface area contributed by atoms with Gasteiger partial charge in [-0.1, -0.05) is 13.2 Å². The summed E-state index contributed by atoms with van der Waals surface area (Å²) in [6, 6.07) is 0. The fourth-order valence-corrected chi connectivity index (χ4v) is 0.201. The first-order valence-electron chi connectivity index (χ1n) is 2.14. The summed E-state index contributed by atoms with van der Waals surface area (Å²) >= 11 is 0. The van der Waals surface area contributed by atoms with Crippen LogP contribution in [0, 0.1) is 0 Å². The van der Waals surface area contributed by atoms with E-state index < -0.39 is 0 Å². The monoisotopic (exact) mass is 98.1 g/mol. The van der Waals surface area contributed by atoms with Crippen molar-refractivity contribution in [3.05, 3.63) is 25.0 Å². The van der Waals surface area contributed by atoms with E-state index in [1.54, 1.807) is 0 Å². The van der Waals surface area contributed by atoms with Crippen LogP contribution in [0.1, 0.15) is 6.92 Å². The highest BCUT2D eigenvalue weighted by Gasteiger charge is 1.77. The van der Waals surface area contributed by atoms with Crippen LogP contribution in [0.3, 0.4) is 0 Å².